The second kappa shape index (κ2) is 3.12. The van der Waals surface area contributed by atoms with E-state index in [1.807, 2.05) is 0 Å². The van der Waals surface area contributed by atoms with Gasteiger partial charge in [-0.05, 0) is 20.8 Å². The molecule has 4 nitrogen and oxygen atoms in total. The van der Waals surface area contributed by atoms with E-state index in [0.717, 1.165) is 0 Å². The van der Waals surface area contributed by atoms with Gasteiger partial charge in [0.15, 0.2) is 11.6 Å². The van der Waals surface area contributed by atoms with Crippen LogP contribution in [0.15, 0.2) is 0 Å². The summed E-state index contributed by atoms with van der Waals surface area (Å²) >= 11 is 0. The Labute approximate surface area is 71.5 Å². The molecule has 1 saturated heterocycles. The number of carbonyl (C=O) groups excluding carboxylic acids is 1. The molecule has 2 atom stereocenters. The highest BCUT2D eigenvalue weighted by Gasteiger charge is 2.43. The van der Waals surface area contributed by atoms with Gasteiger partial charge in [0.1, 0.15) is 12.2 Å². The van der Waals surface area contributed by atoms with E-state index in [0.29, 0.717) is 0 Å². The molecule has 1 aliphatic heterocycles. The molecule has 0 unspecified atom stereocenters. The van der Waals surface area contributed by atoms with E-state index >= 15 is 0 Å². The SMILES string of the molecule is CC(=O)[C@H]1OC(C)(C)O[C@@H]1CO. The van der Waals surface area contributed by atoms with Crippen molar-refractivity contribution in [1.82, 2.24) is 0 Å². The van der Waals surface area contributed by atoms with Crippen LogP contribution >= 0.6 is 0 Å². The molecule has 4 heteroatoms. The normalized spacial score (nSPS) is 33.7. The molecule has 0 aromatic rings. The molecule has 0 aliphatic carbocycles. The molecule has 1 rings (SSSR count). The minimum atomic E-state index is -0.760. The van der Waals surface area contributed by atoms with E-state index in [1.54, 1.807) is 13.8 Å². The zero-order valence-corrected chi connectivity index (χ0v) is 7.53. The van der Waals surface area contributed by atoms with Crippen molar-refractivity contribution in [3.8, 4) is 0 Å². The maximum atomic E-state index is 11.0. The Morgan fingerprint density at radius 1 is 1.50 bits per heavy atom. The number of aliphatic hydroxyl groups is 1. The summed E-state index contributed by atoms with van der Waals surface area (Å²) in [5.74, 6) is -0.872. The van der Waals surface area contributed by atoms with Gasteiger partial charge in [0.25, 0.3) is 0 Å². The number of ketones is 1. The van der Waals surface area contributed by atoms with E-state index in [9.17, 15) is 4.79 Å². The molecule has 70 valence electrons. The first-order valence-corrected chi connectivity index (χ1v) is 3.93. The molecule has 0 saturated carbocycles. The lowest BCUT2D eigenvalue weighted by molar-refractivity contribution is -0.155. The van der Waals surface area contributed by atoms with Gasteiger partial charge in [0, 0.05) is 0 Å². The van der Waals surface area contributed by atoms with E-state index in [1.165, 1.54) is 6.92 Å². The maximum absolute atomic E-state index is 11.0. The van der Waals surface area contributed by atoms with Gasteiger partial charge in [-0.1, -0.05) is 0 Å². The smallest absolute Gasteiger partial charge is 0.164 e. The van der Waals surface area contributed by atoms with Gasteiger partial charge in [0.2, 0.25) is 0 Å². The second-order valence-electron chi connectivity index (χ2n) is 3.39. The van der Waals surface area contributed by atoms with Crippen molar-refractivity contribution < 1.29 is 19.4 Å². The Morgan fingerprint density at radius 2 is 2.08 bits per heavy atom. The van der Waals surface area contributed by atoms with Crippen LogP contribution in [-0.2, 0) is 14.3 Å². The van der Waals surface area contributed by atoms with Gasteiger partial charge >= 0.3 is 0 Å². The van der Waals surface area contributed by atoms with Gasteiger partial charge in [-0.3, -0.25) is 4.79 Å². The molecule has 0 aromatic carbocycles. The number of ether oxygens (including phenoxy) is 2. The van der Waals surface area contributed by atoms with Crippen molar-refractivity contribution in [2.45, 2.75) is 38.8 Å². The maximum Gasteiger partial charge on any atom is 0.164 e. The molecule has 0 bridgehead atoms. The molecule has 0 spiro atoms. The Balaban J connectivity index is 2.69. The van der Waals surface area contributed by atoms with Crippen LogP contribution in [0.25, 0.3) is 0 Å². The van der Waals surface area contributed by atoms with Gasteiger partial charge < -0.3 is 14.6 Å². The summed E-state index contributed by atoms with van der Waals surface area (Å²) in [4.78, 5) is 11.0. The molecule has 0 amide bonds. The van der Waals surface area contributed by atoms with Crippen molar-refractivity contribution in [2.75, 3.05) is 6.61 Å². The second-order valence-corrected chi connectivity index (χ2v) is 3.39. The predicted octanol–water partition coefficient (Wildman–Crippen LogP) is 0.0878. The molecule has 1 heterocycles. The Hall–Kier alpha value is -0.450. The third-order valence-electron chi connectivity index (χ3n) is 1.76. The fourth-order valence-electron chi connectivity index (χ4n) is 1.31. The Morgan fingerprint density at radius 3 is 2.42 bits per heavy atom. The average Bonchev–Trinajstić information content (AvgIpc) is 2.25. The summed E-state index contributed by atoms with van der Waals surface area (Å²) in [6.07, 6.45) is -1.14. The van der Waals surface area contributed by atoms with Crippen LogP contribution < -0.4 is 0 Å². The van der Waals surface area contributed by atoms with E-state index in [4.69, 9.17) is 14.6 Å². The zero-order valence-electron chi connectivity index (χ0n) is 7.53. The lowest BCUT2D eigenvalue weighted by Crippen LogP contribution is -2.32. The van der Waals surface area contributed by atoms with Crippen molar-refractivity contribution in [3.63, 3.8) is 0 Å². The van der Waals surface area contributed by atoms with Crippen LogP contribution in [0.2, 0.25) is 0 Å². The fraction of sp³-hybridized carbons (Fsp3) is 0.875. The Kier molecular flexibility index (Phi) is 2.51. The lowest BCUT2D eigenvalue weighted by Gasteiger charge is -2.15. The summed E-state index contributed by atoms with van der Waals surface area (Å²) in [7, 11) is 0. The minimum absolute atomic E-state index is 0.111. The molecular formula is C8H14O4. The molecule has 12 heavy (non-hydrogen) atoms. The fourth-order valence-corrected chi connectivity index (χ4v) is 1.31. The first-order valence-electron chi connectivity index (χ1n) is 3.93. The van der Waals surface area contributed by atoms with Crippen LogP contribution in [0, 0.1) is 0 Å². The lowest BCUT2D eigenvalue weighted by atomic mass is 10.1. The molecule has 1 N–H and O–H groups in total. The highest BCUT2D eigenvalue weighted by atomic mass is 16.8. The Bertz CT molecular complexity index is 187. The zero-order chi connectivity index (χ0) is 9.35. The number of Topliss-reactive ketones (excluding diaryl/α,β-unsaturated/α-hetero) is 1. The number of hydrogen-bond acceptors (Lipinski definition) is 4. The van der Waals surface area contributed by atoms with E-state index < -0.39 is 18.0 Å². The third-order valence-corrected chi connectivity index (χ3v) is 1.76. The summed E-state index contributed by atoms with van der Waals surface area (Å²) in [6, 6.07) is 0. The van der Waals surface area contributed by atoms with Crippen molar-refractivity contribution in [2.24, 2.45) is 0 Å². The standard InChI is InChI=1S/C8H14O4/c1-5(10)7-6(4-9)11-8(2,3)12-7/h6-7,9H,4H2,1-3H3/t6-,7-/m1/s1. The average molecular weight is 174 g/mol. The third kappa shape index (κ3) is 1.83. The van der Waals surface area contributed by atoms with Crippen LogP contribution in [0.1, 0.15) is 20.8 Å². The monoisotopic (exact) mass is 174 g/mol. The number of carbonyl (C=O) groups is 1. The van der Waals surface area contributed by atoms with Gasteiger partial charge in [-0.15, -0.1) is 0 Å². The minimum Gasteiger partial charge on any atom is -0.394 e. The van der Waals surface area contributed by atoms with Crippen molar-refractivity contribution >= 4 is 5.78 Å². The van der Waals surface area contributed by atoms with Gasteiger partial charge in [0.05, 0.1) is 6.61 Å². The first kappa shape index (κ1) is 9.64. The molecule has 1 fully saturated rings. The molecule has 0 radical (unpaired) electrons. The summed E-state index contributed by atoms with van der Waals surface area (Å²) in [5, 5.41) is 8.86. The van der Waals surface area contributed by atoms with E-state index in [2.05, 4.69) is 0 Å². The number of aliphatic hydroxyl groups excluding tert-OH is 1. The first-order chi connectivity index (χ1) is 5.46. The number of hydrogen-bond donors (Lipinski definition) is 1. The van der Waals surface area contributed by atoms with Crippen LogP contribution in [0.3, 0.4) is 0 Å². The topological polar surface area (TPSA) is 55.8 Å². The van der Waals surface area contributed by atoms with Crippen LogP contribution in [-0.4, -0.2) is 35.5 Å². The highest BCUT2D eigenvalue weighted by Crippen LogP contribution is 2.28. The summed E-state index contributed by atoms with van der Waals surface area (Å²) in [6.45, 7) is 4.68. The summed E-state index contributed by atoms with van der Waals surface area (Å²) in [5.41, 5.74) is 0. The predicted molar refractivity (Wildman–Crippen MR) is 41.6 cm³/mol. The van der Waals surface area contributed by atoms with E-state index in [-0.39, 0.29) is 12.4 Å². The highest BCUT2D eigenvalue weighted by molar-refractivity contribution is 5.81. The number of rotatable bonds is 2. The molecular weight excluding hydrogens is 160 g/mol. The molecule has 0 aromatic heterocycles. The quantitative estimate of drug-likeness (QED) is 0.644. The van der Waals surface area contributed by atoms with Crippen molar-refractivity contribution in [3.05, 3.63) is 0 Å². The largest absolute Gasteiger partial charge is 0.394 e. The van der Waals surface area contributed by atoms with Crippen LogP contribution in [0.4, 0.5) is 0 Å². The molecule has 1 aliphatic rings. The van der Waals surface area contributed by atoms with Crippen LogP contribution in [0.5, 0.6) is 0 Å². The van der Waals surface area contributed by atoms with Gasteiger partial charge in [-0.25, -0.2) is 0 Å². The van der Waals surface area contributed by atoms with Gasteiger partial charge in [-0.2, -0.15) is 0 Å². The summed E-state index contributed by atoms with van der Waals surface area (Å²) < 4.78 is 10.6. The van der Waals surface area contributed by atoms with Crippen molar-refractivity contribution in [1.29, 1.82) is 0 Å².